The van der Waals surface area contributed by atoms with Gasteiger partial charge in [-0.15, -0.1) is 10.2 Å². The van der Waals surface area contributed by atoms with Crippen molar-refractivity contribution in [1.29, 1.82) is 10.5 Å². The first kappa shape index (κ1) is 57.8. The summed E-state index contributed by atoms with van der Waals surface area (Å²) in [7, 11) is -10.3. The van der Waals surface area contributed by atoms with E-state index >= 15 is 0 Å². The number of nitrogens with zero attached hydrogens (tertiary/aromatic N) is 8. The van der Waals surface area contributed by atoms with Crippen LogP contribution in [0.15, 0.2) is 90.6 Å². The molecule has 2 heterocycles. The number of hydrogen-bond donors (Lipinski definition) is 8. The summed E-state index contributed by atoms with van der Waals surface area (Å²) >= 11 is -5.12. The first-order chi connectivity index (χ1) is 33.2. The molecule has 0 aliphatic rings. The Balaban J connectivity index is 0.00000311. The lowest BCUT2D eigenvalue weighted by molar-refractivity contribution is -0.180. The fourth-order valence-electron chi connectivity index (χ4n) is 5.76. The standard InChI is InChI=1S/C41H46N12O9S4.HO3P/c1-6-15-44-38-32(24-42)26(4)36(40(48-38)46-17-20-65(59,60)7-2)52-50-30-13-11-28(34(22-30)63(55)56)9-10-29-12-14-31(23-35(29)64(57)58)51-53-37-27(5)33(25-43)39(45-16-19-54)49-41(37)47-18-21-66(61,62)8-3;1-4(2)3/h7-14,22-23,54H,2-3,6,15-21H2,1,4-5H3,(H,55,56)(H,57,58)(H2,44,46,48)(H2,45,47,49);(H,1,2,3)/b10-9+,52-50?,53-51?;. The van der Waals surface area contributed by atoms with E-state index in [9.17, 15) is 50.0 Å². The molecule has 372 valence electrons. The molecule has 0 saturated heterocycles. The SMILES string of the molecule is C=CS(=O)(=O)CCNc1nc(NCCC)c(C#N)c(C)c1N=Nc1ccc(/C=C/c2ccc(N=Nc3c(NCCS(=O)(=O)C=C)nc(NCCO)c(C#N)c3C)cc2S(=O)O)c(S(=O)O)c1.O=[P+]([O-])O. The highest BCUT2D eigenvalue weighted by Crippen LogP contribution is 2.37. The maximum atomic E-state index is 12.6. The number of benzene rings is 2. The number of nitriles is 2. The molecule has 29 heteroatoms. The summed E-state index contributed by atoms with van der Waals surface area (Å²) in [4.78, 5) is 24.3. The fraction of sp³-hybridized carbons (Fsp3) is 0.268. The highest BCUT2D eigenvalue weighted by Gasteiger charge is 2.20. The summed E-state index contributed by atoms with van der Waals surface area (Å²) in [6, 6.07) is 12.6. The largest absolute Gasteiger partial charge is 0.567 e. The van der Waals surface area contributed by atoms with E-state index in [1.165, 1.54) is 48.6 Å². The van der Waals surface area contributed by atoms with Crippen molar-refractivity contribution >= 4 is 108 Å². The van der Waals surface area contributed by atoms with E-state index in [2.05, 4.69) is 70.9 Å². The number of anilines is 4. The van der Waals surface area contributed by atoms with Crippen LogP contribution in [0.3, 0.4) is 0 Å². The third-order valence-electron chi connectivity index (χ3n) is 9.21. The minimum atomic E-state index is -3.58. The van der Waals surface area contributed by atoms with Gasteiger partial charge in [0.2, 0.25) is 0 Å². The Hall–Kier alpha value is -6.56. The monoisotopic (exact) mass is 1060 g/mol. The van der Waals surface area contributed by atoms with E-state index in [0.29, 0.717) is 17.7 Å². The molecule has 0 fully saturated rings. The van der Waals surface area contributed by atoms with Crippen LogP contribution in [0.2, 0.25) is 0 Å². The van der Waals surface area contributed by atoms with Crippen LogP contribution in [0.5, 0.6) is 0 Å². The molecular weight excluding hydrogens is 1010 g/mol. The molecule has 0 radical (unpaired) electrons. The average molecular weight is 1060 g/mol. The molecule has 0 bridgehead atoms. The number of aromatic nitrogens is 2. The number of aliphatic hydroxyl groups is 1. The Morgan fingerprint density at radius 2 is 1.09 bits per heavy atom. The quantitative estimate of drug-likeness (QED) is 0.0168. The Bertz CT molecular complexity index is 2870. The minimum absolute atomic E-state index is 0.0653. The van der Waals surface area contributed by atoms with Crippen LogP contribution >= 0.6 is 8.25 Å². The van der Waals surface area contributed by atoms with Gasteiger partial charge in [0.15, 0.2) is 53.5 Å². The molecule has 8 N–H and O–H groups in total. The second kappa shape index (κ2) is 27.6. The van der Waals surface area contributed by atoms with Crippen LogP contribution in [-0.2, 0) is 46.4 Å². The lowest BCUT2D eigenvalue weighted by atomic mass is 10.1. The lowest BCUT2D eigenvalue weighted by Gasteiger charge is -2.15. The molecule has 0 aliphatic carbocycles. The summed E-state index contributed by atoms with van der Waals surface area (Å²) in [5, 5.41) is 59.6. The van der Waals surface area contributed by atoms with Crippen LogP contribution in [0.25, 0.3) is 12.2 Å². The van der Waals surface area contributed by atoms with Crippen molar-refractivity contribution in [2.24, 2.45) is 20.5 Å². The maximum absolute atomic E-state index is 12.6. The number of aliphatic hydroxyl groups excluding tert-OH is 1. The molecule has 2 aromatic carbocycles. The Kier molecular flexibility index (Phi) is 22.8. The van der Waals surface area contributed by atoms with Crippen molar-refractivity contribution in [2.75, 3.05) is 65.6 Å². The van der Waals surface area contributed by atoms with Crippen molar-refractivity contribution in [3.8, 4) is 12.1 Å². The van der Waals surface area contributed by atoms with Crippen molar-refractivity contribution in [3.05, 3.63) is 93.8 Å². The summed E-state index contributed by atoms with van der Waals surface area (Å²) in [5.41, 5.74) is 1.89. The molecule has 0 saturated carbocycles. The molecule has 24 nitrogen and oxygen atoms in total. The van der Waals surface area contributed by atoms with Crippen molar-refractivity contribution < 1.29 is 53.8 Å². The van der Waals surface area contributed by atoms with E-state index in [0.717, 1.165) is 17.2 Å². The topological polar surface area (TPSA) is 394 Å². The van der Waals surface area contributed by atoms with Gasteiger partial charge in [-0.05, 0) is 60.2 Å². The van der Waals surface area contributed by atoms with E-state index in [1.54, 1.807) is 13.8 Å². The van der Waals surface area contributed by atoms with Crippen LogP contribution < -0.4 is 26.2 Å². The van der Waals surface area contributed by atoms with E-state index < -0.39 is 50.1 Å². The van der Waals surface area contributed by atoms with Gasteiger partial charge in [-0.2, -0.15) is 25.6 Å². The predicted octanol–water partition coefficient (Wildman–Crippen LogP) is 6.16. The van der Waals surface area contributed by atoms with E-state index in [1.807, 2.05) is 13.0 Å². The molecule has 70 heavy (non-hydrogen) atoms. The van der Waals surface area contributed by atoms with Gasteiger partial charge in [0, 0.05) is 48.1 Å². The normalized spacial score (nSPS) is 12.6. The highest BCUT2D eigenvalue weighted by molar-refractivity contribution is 7.94. The van der Waals surface area contributed by atoms with Gasteiger partial charge >= 0.3 is 8.25 Å². The second-order valence-electron chi connectivity index (χ2n) is 14.0. The summed E-state index contributed by atoms with van der Waals surface area (Å²) in [6.07, 6.45) is 3.62. The molecule has 4 aromatic rings. The molecular formula is C41H47N12O12PS4. The fourth-order valence-corrected chi connectivity index (χ4v) is 7.99. The summed E-state index contributed by atoms with van der Waals surface area (Å²) < 4.78 is 102. The zero-order chi connectivity index (χ0) is 52.2. The second-order valence-corrected chi connectivity index (χ2v) is 20.4. The van der Waals surface area contributed by atoms with E-state index in [4.69, 9.17) is 14.4 Å². The number of nitrogens with one attached hydrogen (secondary N) is 4. The highest BCUT2D eigenvalue weighted by atomic mass is 32.2. The Morgan fingerprint density at radius 1 is 0.714 bits per heavy atom. The third-order valence-corrected chi connectivity index (χ3v) is 13.2. The zero-order valence-electron chi connectivity index (χ0n) is 37.6. The van der Waals surface area contributed by atoms with Crippen LogP contribution in [0.1, 0.15) is 46.7 Å². The van der Waals surface area contributed by atoms with Crippen molar-refractivity contribution in [2.45, 2.75) is 37.0 Å². The number of azo groups is 2. The van der Waals surface area contributed by atoms with Gasteiger partial charge in [-0.3, -0.25) is 0 Å². The Labute approximate surface area is 409 Å². The predicted molar refractivity (Wildman–Crippen MR) is 265 cm³/mol. The summed E-state index contributed by atoms with van der Waals surface area (Å²) in [6.45, 7) is 11.9. The van der Waals surface area contributed by atoms with Gasteiger partial charge in [0.1, 0.15) is 35.1 Å². The molecule has 0 spiro atoms. The number of hydrogen-bond acceptors (Lipinski definition) is 21. The van der Waals surface area contributed by atoms with Crippen LogP contribution in [0.4, 0.5) is 46.0 Å². The molecule has 3 unspecified atom stereocenters. The lowest BCUT2D eigenvalue weighted by Crippen LogP contribution is -2.16. The maximum Gasteiger partial charge on any atom is 0.485 e. The number of pyridine rings is 2. The van der Waals surface area contributed by atoms with Gasteiger partial charge in [-0.25, -0.2) is 35.2 Å². The van der Waals surface area contributed by atoms with Gasteiger partial charge < -0.3 is 40.4 Å². The van der Waals surface area contributed by atoms with Gasteiger partial charge in [0.05, 0.1) is 50.4 Å². The van der Waals surface area contributed by atoms with Crippen LogP contribution in [-0.4, -0.2) is 98.6 Å². The molecule has 0 aliphatic heterocycles. The van der Waals surface area contributed by atoms with Crippen molar-refractivity contribution in [3.63, 3.8) is 0 Å². The van der Waals surface area contributed by atoms with Gasteiger partial charge in [-0.1, -0.05) is 44.4 Å². The summed E-state index contributed by atoms with van der Waals surface area (Å²) in [5.74, 6) is -0.0419. The number of rotatable bonds is 24. The first-order valence-electron chi connectivity index (χ1n) is 20.2. The molecule has 2 aromatic heterocycles. The van der Waals surface area contributed by atoms with Crippen molar-refractivity contribution in [1.82, 2.24) is 9.97 Å². The molecule has 3 atom stereocenters. The smallest absolute Gasteiger partial charge is 0.485 e. The Morgan fingerprint density at radius 3 is 1.41 bits per heavy atom. The van der Waals surface area contributed by atoms with Crippen LogP contribution in [0, 0.1) is 36.5 Å². The third kappa shape index (κ3) is 17.1. The van der Waals surface area contributed by atoms with Gasteiger partial charge in [0.25, 0.3) is 0 Å². The molecule has 0 amide bonds. The zero-order valence-corrected chi connectivity index (χ0v) is 41.7. The number of sulfone groups is 2. The minimum Gasteiger partial charge on any atom is -0.567 e. The van der Waals surface area contributed by atoms with E-state index in [-0.39, 0.29) is 116 Å². The average Bonchev–Trinajstić information content (AvgIpc) is 3.31. The molecule has 4 rings (SSSR count). The first-order valence-corrected chi connectivity index (χ1v) is 26.9.